The molecule has 0 aliphatic rings. The lowest BCUT2D eigenvalue weighted by atomic mass is 10.2. The van der Waals surface area contributed by atoms with Gasteiger partial charge in [-0.3, -0.25) is 0 Å². The molecule has 1 aromatic carbocycles. The molecular weight excluding hydrogens is 222 g/mol. The van der Waals surface area contributed by atoms with E-state index in [1.807, 2.05) is 0 Å². The molecule has 0 aromatic heterocycles. The highest BCUT2D eigenvalue weighted by Crippen LogP contribution is 2.26. The minimum atomic E-state index is 0.604. The summed E-state index contributed by atoms with van der Waals surface area (Å²) in [6.45, 7) is 0.604. The molecule has 0 radical (unpaired) electrons. The highest BCUT2D eigenvalue weighted by Gasteiger charge is 1.97. The SMILES string of the molecule is CSc1ccc(CN)cc1Br. The molecule has 0 aliphatic heterocycles. The van der Waals surface area contributed by atoms with E-state index >= 15 is 0 Å². The standard InChI is InChI=1S/C8H10BrNS/c1-11-8-3-2-6(5-10)4-7(8)9/h2-4H,5,10H2,1H3. The van der Waals surface area contributed by atoms with Crippen LogP contribution in [0.5, 0.6) is 0 Å². The van der Waals surface area contributed by atoms with E-state index in [4.69, 9.17) is 5.73 Å². The van der Waals surface area contributed by atoms with Gasteiger partial charge in [-0.2, -0.15) is 0 Å². The van der Waals surface area contributed by atoms with Gasteiger partial charge >= 0.3 is 0 Å². The third kappa shape index (κ3) is 2.22. The monoisotopic (exact) mass is 231 g/mol. The Bertz CT molecular complexity index is 250. The molecule has 0 spiro atoms. The van der Waals surface area contributed by atoms with Crippen molar-refractivity contribution in [3.8, 4) is 0 Å². The number of hydrogen-bond donors (Lipinski definition) is 1. The van der Waals surface area contributed by atoms with Gasteiger partial charge in [-0.15, -0.1) is 11.8 Å². The Labute approximate surface area is 79.5 Å². The molecule has 0 saturated carbocycles. The summed E-state index contributed by atoms with van der Waals surface area (Å²) in [4.78, 5) is 1.25. The van der Waals surface area contributed by atoms with Crippen molar-refractivity contribution in [2.45, 2.75) is 11.4 Å². The molecule has 0 fully saturated rings. The van der Waals surface area contributed by atoms with Gasteiger partial charge in [0.05, 0.1) is 0 Å². The van der Waals surface area contributed by atoms with Crippen LogP contribution in [-0.2, 0) is 6.54 Å². The minimum absolute atomic E-state index is 0.604. The number of benzene rings is 1. The van der Waals surface area contributed by atoms with Crippen LogP contribution in [0.15, 0.2) is 27.6 Å². The van der Waals surface area contributed by atoms with Crippen LogP contribution < -0.4 is 5.73 Å². The fourth-order valence-corrected chi connectivity index (χ4v) is 2.21. The van der Waals surface area contributed by atoms with Gasteiger partial charge in [0.1, 0.15) is 0 Å². The van der Waals surface area contributed by atoms with Gasteiger partial charge in [0.25, 0.3) is 0 Å². The van der Waals surface area contributed by atoms with Crippen molar-refractivity contribution in [1.29, 1.82) is 0 Å². The van der Waals surface area contributed by atoms with Crippen molar-refractivity contribution in [2.24, 2.45) is 5.73 Å². The zero-order chi connectivity index (χ0) is 8.27. The number of thioether (sulfide) groups is 1. The van der Waals surface area contributed by atoms with E-state index in [1.165, 1.54) is 4.90 Å². The molecule has 0 heterocycles. The smallest absolute Gasteiger partial charge is 0.0314 e. The Balaban J connectivity index is 2.99. The molecule has 3 heteroatoms. The van der Waals surface area contributed by atoms with Crippen molar-refractivity contribution in [3.05, 3.63) is 28.2 Å². The molecule has 0 saturated heterocycles. The second-order valence-corrected chi connectivity index (χ2v) is 3.88. The number of hydrogen-bond acceptors (Lipinski definition) is 2. The summed E-state index contributed by atoms with van der Waals surface area (Å²) in [7, 11) is 0. The van der Waals surface area contributed by atoms with Crippen LogP contribution in [0, 0.1) is 0 Å². The first-order valence-corrected chi connectivity index (χ1v) is 5.32. The number of nitrogens with two attached hydrogens (primary N) is 1. The lowest BCUT2D eigenvalue weighted by molar-refractivity contribution is 1.06. The molecule has 0 bridgehead atoms. The van der Waals surface area contributed by atoms with Crippen LogP contribution in [0.1, 0.15) is 5.56 Å². The predicted octanol–water partition coefficient (Wildman–Crippen LogP) is 2.63. The second-order valence-electron chi connectivity index (χ2n) is 2.17. The van der Waals surface area contributed by atoms with E-state index in [0.717, 1.165) is 10.0 Å². The maximum Gasteiger partial charge on any atom is 0.0314 e. The molecule has 0 aliphatic carbocycles. The van der Waals surface area contributed by atoms with E-state index in [0.29, 0.717) is 6.54 Å². The van der Waals surface area contributed by atoms with Gasteiger partial charge < -0.3 is 5.73 Å². The van der Waals surface area contributed by atoms with Gasteiger partial charge in [-0.25, -0.2) is 0 Å². The van der Waals surface area contributed by atoms with E-state index in [9.17, 15) is 0 Å². The molecule has 1 aromatic rings. The van der Waals surface area contributed by atoms with Gasteiger partial charge in [0.15, 0.2) is 0 Å². The van der Waals surface area contributed by atoms with Gasteiger partial charge in [-0.1, -0.05) is 6.07 Å². The quantitative estimate of drug-likeness (QED) is 0.793. The van der Waals surface area contributed by atoms with E-state index in [1.54, 1.807) is 11.8 Å². The Hall–Kier alpha value is 0.01000. The second kappa shape index (κ2) is 4.14. The normalized spacial score (nSPS) is 10.1. The molecule has 1 rings (SSSR count). The maximum atomic E-state index is 5.48. The first-order chi connectivity index (χ1) is 5.27. The topological polar surface area (TPSA) is 26.0 Å². The molecule has 60 valence electrons. The average molecular weight is 232 g/mol. The largest absolute Gasteiger partial charge is 0.326 e. The summed E-state index contributed by atoms with van der Waals surface area (Å²) >= 11 is 5.20. The summed E-state index contributed by atoms with van der Waals surface area (Å²) < 4.78 is 1.13. The summed E-state index contributed by atoms with van der Waals surface area (Å²) in [6.07, 6.45) is 2.06. The molecule has 1 nitrogen and oxygen atoms in total. The summed E-state index contributed by atoms with van der Waals surface area (Å²) in [5, 5.41) is 0. The Kier molecular flexibility index (Phi) is 3.43. The fourth-order valence-electron chi connectivity index (χ4n) is 0.837. The summed E-state index contributed by atoms with van der Waals surface area (Å²) in [6, 6.07) is 6.19. The molecule has 0 unspecified atom stereocenters. The molecule has 0 atom stereocenters. The van der Waals surface area contributed by atoms with Crippen molar-refractivity contribution < 1.29 is 0 Å². The van der Waals surface area contributed by atoms with Crippen molar-refractivity contribution in [1.82, 2.24) is 0 Å². The fraction of sp³-hybridized carbons (Fsp3) is 0.250. The molecule has 0 amide bonds. The van der Waals surface area contributed by atoms with Crippen LogP contribution >= 0.6 is 27.7 Å². The zero-order valence-corrected chi connectivity index (χ0v) is 8.71. The van der Waals surface area contributed by atoms with E-state index in [-0.39, 0.29) is 0 Å². The third-order valence-electron chi connectivity index (χ3n) is 1.45. The highest BCUT2D eigenvalue weighted by molar-refractivity contribution is 9.10. The Morgan fingerprint density at radius 3 is 2.73 bits per heavy atom. The first-order valence-electron chi connectivity index (χ1n) is 3.30. The lowest BCUT2D eigenvalue weighted by Crippen LogP contribution is -1.95. The third-order valence-corrected chi connectivity index (χ3v) is 3.17. The van der Waals surface area contributed by atoms with Crippen LogP contribution in [0.3, 0.4) is 0 Å². The van der Waals surface area contributed by atoms with Crippen LogP contribution in [0.4, 0.5) is 0 Å². The lowest BCUT2D eigenvalue weighted by Gasteiger charge is -2.02. The van der Waals surface area contributed by atoms with Gasteiger partial charge in [0.2, 0.25) is 0 Å². The number of rotatable bonds is 2. The molecule has 11 heavy (non-hydrogen) atoms. The van der Waals surface area contributed by atoms with Crippen LogP contribution in [-0.4, -0.2) is 6.26 Å². The van der Waals surface area contributed by atoms with Crippen molar-refractivity contribution >= 4 is 27.7 Å². The van der Waals surface area contributed by atoms with Crippen LogP contribution in [0.25, 0.3) is 0 Å². The predicted molar refractivity (Wildman–Crippen MR) is 53.8 cm³/mol. The van der Waals surface area contributed by atoms with E-state index < -0.39 is 0 Å². The number of halogens is 1. The van der Waals surface area contributed by atoms with E-state index in [2.05, 4.69) is 40.4 Å². The van der Waals surface area contributed by atoms with Crippen molar-refractivity contribution in [2.75, 3.05) is 6.26 Å². The van der Waals surface area contributed by atoms with Crippen molar-refractivity contribution in [3.63, 3.8) is 0 Å². The molecule has 2 N–H and O–H groups in total. The molecular formula is C8H10BrNS. The zero-order valence-electron chi connectivity index (χ0n) is 6.30. The first kappa shape index (κ1) is 9.10. The van der Waals surface area contributed by atoms with Gasteiger partial charge in [-0.05, 0) is 39.9 Å². The average Bonchev–Trinajstić information content (AvgIpc) is 2.04. The maximum absolute atomic E-state index is 5.48. The van der Waals surface area contributed by atoms with Crippen LogP contribution in [0.2, 0.25) is 0 Å². The Morgan fingerprint density at radius 2 is 2.27 bits per heavy atom. The summed E-state index contributed by atoms with van der Waals surface area (Å²) in [5.74, 6) is 0. The minimum Gasteiger partial charge on any atom is -0.326 e. The highest BCUT2D eigenvalue weighted by atomic mass is 79.9. The van der Waals surface area contributed by atoms with Gasteiger partial charge in [0, 0.05) is 15.9 Å². The summed E-state index contributed by atoms with van der Waals surface area (Å²) in [5.41, 5.74) is 6.64. The Morgan fingerprint density at radius 1 is 1.55 bits per heavy atom.